The molecule has 10 heavy (non-hydrogen) atoms. The SMILES string of the molecule is C=CCNc1nnc(Cl)s1. The van der Waals surface area contributed by atoms with E-state index in [4.69, 9.17) is 11.6 Å². The van der Waals surface area contributed by atoms with Gasteiger partial charge in [-0.25, -0.2) is 0 Å². The molecule has 0 spiro atoms. The van der Waals surface area contributed by atoms with Crippen molar-refractivity contribution in [2.45, 2.75) is 0 Å². The third-order valence-corrected chi connectivity index (χ3v) is 1.77. The molecule has 0 fully saturated rings. The van der Waals surface area contributed by atoms with Crippen LogP contribution in [0, 0.1) is 0 Å². The normalized spacial score (nSPS) is 9.30. The molecule has 0 aliphatic heterocycles. The maximum absolute atomic E-state index is 5.52. The van der Waals surface area contributed by atoms with Crippen LogP contribution in [0.1, 0.15) is 0 Å². The van der Waals surface area contributed by atoms with Crippen molar-refractivity contribution in [1.29, 1.82) is 0 Å². The van der Waals surface area contributed by atoms with Crippen molar-refractivity contribution in [3.63, 3.8) is 0 Å². The Bertz CT molecular complexity index is 222. The number of nitrogens with zero attached hydrogens (tertiary/aromatic N) is 2. The van der Waals surface area contributed by atoms with Crippen molar-refractivity contribution in [1.82, 2.24) is 10.2 Å². The van der Waals surface area contributed by atoms with Crippen LogP contribution in [0.2, 0.25) is 4.47 Å². The molecule has 0 aromatic carbocycles. The molecule has 1 heterocycles. The van der Waals surface area contributed by atoms with E-state index in [0.29, 0.717) is 11.0 Å². The first-order chi connectivity index (χ1) is 4.83. The Labute approximate surface area is 67.7 Å². The Balaban J connectivity index is 2.49. The fraction of sp³-hybridized carbons (Fsp3) is 0.200. The van der Waals surface area contributed by atoms with Crippen LogP contribution in [0.3, 0.4) is 0 Å². The third-order valence-electron chi connectivity index (χ3n) is 0.798. The molecule has 3 nitrogen and oxygen atoms in total. The van der Waals surface area contributed by atoms with E-state index in [1.165, 1.54) is 11.3 Å². The summed E-state index contributed by atoms with van der Waals surface area (Å²) < 4.78 is 0.451. The Morgan fingerprint density at radius 2 is 2.50 bits per heavy atom. The number of nitrogens with one attached hydrogen (secondary N) is 1. The quantitative estimate of drug-likeness (QED) is 0.712. The van der Waals surface area contributed by atoms with Gasteiger partial charge in [0.2, 0.25) is 9.60 Å². The first-order valence-electron chi connectivity index (χ1n) is 2.66. The second-order valence-electron chi connectivity index (χ2n) is 1.53. The lowest BCUT2D eigenvalue weighted by atomic mass is 10.6. The molecule has 0 saturated carbocycles. The van der Waals surface area contributed by atoms with E-state index in [9.17, 15) is 0 Å². The fourth-order valence-electron chi connectivity index (χ4n) is 0.436. The molecule has 0 saturated heterocycles. The van der Waals surface area contributed by atoms with E-state index >= 15 is 0 Å². The first-order valence-corrected chi connectivity index (χ1v) is 3.86. The lowest BCUT2D eigenvalue weighted by Crippen LogP contribution is -1.96. The molecule has 5 heteroatoms. The average Bonchev–Trinajstić information content (AvgIpc) is 2.31. The number of aromatic nitrogens is 2. The van der Waals surface area contributed by atoms with E-state index < -0.39 is 0 Å². The van der Waals surface area contributed by atoms with Crippen LogP contribution in [-0.4, -0.2) is 16.7 Å². The van der Waals surface area contributed by atoms with Gasteiger partial charge in [0.1, 0.15) is 0 Å². The van der Waals surface area contributed by atoms with Gasteiger partial charge in [-0.1, -0.05) is 17.4 Å². The van der Waals surface area contributed by atoms with E-state index in [1.54, 1.807) is 6.08 Å². The summed E-state index contributed by atoms with van der Waals surface area (Å²) in [6, 6.07) is 0. The number of hydrogen-bond donors (Lipinski definition) is 1. The average molecular weight is 176 g/mol. The summed E-state index contributed by atoms with van der Waals surface area (Å²) in [6.07, 6.45) is 1.75. The molecule has 0 atom stereocenters. The summed E-state index contributed by atoms with van der Waals surface area (Å²) >= 11 is 6.83. The van der Waals surface area contributed by atoms with Gasteiger partial charge in [0.15, 0.2) is 0 Å². The highest BCUT2D eigenvalue weighted by Crippen LogP contribution is 2.18. The molecule has 0 amide bonds. The highest BCUT2D eigenvalue weighted by atomic mass is 35.5. The summed E-state index contributed by atoms with van der Waals surface area (Å²) in [4.78, 5) is 0. The zero-order valence-electron chi connectivity index (χ0n) is 5.17. The van der Waals surface area contributed by atoms with Gasteiger partial charge in [0.25, 0.3) is 0 Å². The lowest BCUT2D eigenvalue weighted by Gasteiger charge is -1.91. The summed E-state index contributed by atoms with van der Waals surface area (Å²) in [7, 11) is 0. The van der Waals surface area contributed by atoms with E-state index in [1.807, 2.05) is 0 Å². The predicted molar refractivity (Wildman–Crippen MR) is 43.6 cm³/mol. The van der Waals surface area contributed by atoms with Crippen LogP contribution < -0.4 is 5.32 Å². The molecule has 0 radical (unpaired) electrons. The van der Waals surface area contributed by atoms with Gasteiger partial charge >= 0.3 is 0 Å². The highest BCUT2D eigenvalue weighted by Gasteiger charge is 1.97. The van der Waals surface area contributed by atoms with Crippen molar-refractivity contribution in [3.8, 4) is 0 Å². The third kappa shape index (κ3) is 1.97. The molecule has 0 aliphatic carbocycles. The maximum Gasteiger partial charge on any atom is 0.208 e. The number of halogens is 1. The minimum Gasteiger partial charge on any atom is -0.357 e. The minimum absolute atomic E-state index is 0.451. The Kier molecular flexibility index (Phi) is 2.65. The van der Waals surface area contributed by atoms with E-state index in [0.717, 1.165) is 5.13 Å². The number of hydrogen-bond acceptors (Lipinski definition) is 4. The number of anilines is 1. The maximum atomic E-state index is 5.52. The van der Waals surface area contributed by atoms with Crippen LogP contribution in [-0.2, 0) is 0 Å². The summed E-state index contributed by atoms with van der Waals surface area (Å²) in [6.45, 7) is 4.23. The number of rotatable bonds is 3. The van der Waals surface area contributed by atoms with Gasteiger partial charge in [0.05, 0.1) is 0 Å². The molecular formula is C5H6ClN3S. The minimum atomic E-state index is 0.451. The van der Waals surface area contributed by atoms with Gasteiger partial charge in [-0.05, 0) is 11.6 Å². The molecule has 1 rings (SSSR count). The molecule has 1 aromatic rings. The van der Waals surface area contributed by atoms with Gasteiger partial charge in [0, 0.05) is 6.54 Å². The van der Waals surface area contributed by atoms with Crippen LogP contribution in [0.4, 0.5) is 5.13 Å². The summed E-state index contributed by atoms with van der Waals surface area (Å²) in [5.41, 5.74) is 0. The van der Waals surface area contributed by atoms with Gasteiger partial charge in [-0.2, -0.15) is 0 Å². The molecular weight excluding hydrogens is 170 g/mol. The second-order valence-corrected chi connectivity index (χ2v) is 3.09. The zero-order chi connectivity index (χ0) is 7.40. The molecule has 1 aromatic heterocycles. The standard InChI is InChI=1S/C5H6ClN3S/c1-2-3-7-5-9-8-4(6)10-5/h2H,1,3H2,(H,7,9). The molecule has 0 unspecified atom stereocenters. The lowest BCUT2D eigenvalue weighted by molar-refractivity contribution is 1.08. The van der Waals surface area contributed by atoms with Crippen LogP contribution >= 0.6 is 22.9 Å². The fourth-order valence-corrected chi connectivity index (χ4v) is 1.17. The Morgan fingerprint density at radius 1 is 1.70 bits per heavy atom. The van der Waals surface area contributed by atoms with Gasteiger partial charge < -0.3 is 5.32 Å². The van der Waals surface area contributed by atoms with Crippen LogP contribution in [0.25, 0.3) is 0 Å². The zero-order valence-corrected chi connectivity index (χ0v) is 6.74. The van der Waals surface area contributed by atoms with Crippen molar-refractivity contribution < 1.29 is 0 Å². The highest BCUT2D eigenvalue weighted by molar-refractivity contribution is 7.18. The van der Waals surface area contributed by atoms with Crippen molar-refractivity contribution in [2.75, 3.05) is 11.9 Å². The van der Waals surface area contributed by atoms with Crippen LogP contribution in [0.5, 0.6) is 0 Å². The summed E-state index contributed by atoms with van der Waals surface area (Å²) in [5, 5.41) is 11.0. The first kappa shape index (κ1) is 7.50. The topological polar surface area (TPSA) is 37.8 Å². The van der Waals surface area contributed by atoms with Crippen molar-refractivity contribution in [2.24, 2.45) is 0 Å². The Morgan fingerprint density at radius 3 is 3.00 bits per heavy atom. The molecule has 0 bridgehead atoms. The summed E-state index contributed by atoms with van der Waals surface area (Å²) in [5.74, 6) is 0. The van der Waals surface area contributed by atoms with Crippen molar-refractivity contribution >= 4 is 28.1 Å². The molecule has 0 aliphatic rings. The van der Waals surface area contributed by atoms with E-state index in [2.05, 4.69) is 22.1 Å². The van der Waals surface area contributed by atoms with Crippen LogP contribution in [0.15, 0.2) is 12.7 Å². The van der Waals surface area contributed by atoms with E-state index in [-0.39, 0.29) is 0 Å². The van der Waals surface area contributed by atoms with Gasteiger partial charge in [-0.15, -0.1) is 16.8 Å². The van der Waals surface area contributed by atoms with Gasteiger partial charge in [-0.3, -0.25) is 0 Å². The predicted octanol–water partition coefficient (Wildman–Crippen LogP) is 1.79. The smallest absolute Gasteiger partial charge is 0.208 e. The molecule has 54 valence electrons. The largest absolute Gasteiger partial charge is 0.357 e. The second kappa shape index (κ2) is 3.53. The monoisotopic (exact) mass is 175 g/mol. The van der Waals surface area contributed by atoms with Crippen molar-refractivity contribution in [3.05, 3.63) is 17.1 Å². The Hall–Kier alpha value is -0.610. The molecule has 1 N–H and O–H groups in total.